The minimum absolute atomic E-state index is 0.0479. The van der Waals surface area contributed by atoms with Crippen molar-refractivity contribution in [3.05, 3.63) is 11.1 Å². The maximum absolute atomic E-state index is 12.3. The molecule has 1 heterocycles. The zero-order valence-corrected chi connectivity index (χ0v) is 12.1. The lowest BCUT2D eigenvalue weighted by Crippen LogP contribution is -2.35. The summed E-state index contributed by atoms with van der Waals surface area (Å²) in [5.74, 6) is 0.0479. The van der Waals surface area contributed by atoms with Crippen LogP contribution in [0.15, 0.2) is 10.5 Å². The van der Waals surface area contributed by atoms with Gasteiger partial charge in [-0.15, -0.1) is 11.3 Å². The maximum atomic E-state index is 12.3. The predicted octanol–water partition coefficient (Wildman–Crippen LogP) is 3.25. The molecule has 0 unspecified atom stereocenters. The van der Waals surface area contributed by atoms with Gasteiger partial charge in [0.15, 0.2) is 5.13 Å². The van der Waals surface area contributed by atoms with Crippen molar-refractivity contribution in [1.29, 1.82) is 0 Å². The summed E-state index contributed by atoms with van der Waals surface area (Å²) in [6, 6.07) is 0. The van der Waals surface area contributed by atoms with Gasteiger partial charge in [0.2, 0.25) is 5.91 Å². The van der Waals surface area contributed by atoms with E-state index in [9.17, 15) is 4.79 Å². The Kier molecular flexibility index (Phi) is 4.19. The van der Waals surface area contributed by atoms with Gasteiger partial charge in [0.25, 0.3) is 0 Å². The molecule has 0 spiro atoms. The quantitative estimate of drug-likeness (QED) is 0.507. The Morgan fingerprint density at radius 1 is 1.47 bits per heavy atom. The molecule has 104 valence electrons. The Hall–Kier alpha value is -1.43. The van der Waals surface area contributed by atoms with Crippen LogP contribution < -0.4 is 5.32 Å². The summed E-state index contributed by atoms with van der Waals surface area (Å²) < 4.78 is 0. The number of oxime groups is 1. The molecule has 0 aromatic carbocycles. The highest BCUT2D eigenvalue weighted by Gasteiger charge is 2.34. The Balaban J connectivity index is 2.04. The van der Waals surface area contributed by atoms with E-state index in [-0.39, 0.29) is 11.3 Å². The fourth-order valence-corrected chi connectivity index (χ4v) is 3.10. The molecule has 0 bridgehead atoms. The summed E-state index contributed by atoms with van der Waals surface area (Å²) in [6.45, 7) is 3.69. The van der Waals surface area contributed by atoms with E-state index in [1.807, 2.05) is 6.92 Å². The Labute approximate surface area is 116 Å². The molecular formula is C13H19N3O2S. The highest BCUT2D eigenvalue weighted by molar-refractivity contribution is 7.14. The van der Waals surface area contributed by atoms with Crippen molar-refractivity contribution in [2.75, 3.05) is 5.32 Å². The first-order valence-corrected chi connectivity index (χ1v) is 7.39. The Morgan fingerprint density at radius 3 is 2.79 bits per heavy atom. The third kappa shape index (κ3) is 3.12. The molecule has 19 heavy (non-hydrogen) atoms. The van der Waals surface area contributed by atoms with Gasteiger partial charge in [-0.2, -0.15) is 0 Å². The second kappa shape index (κ2) is 5.69. The topological polar surface area (TPSA) is 74.6 Å². The summed E-state index contributed by atoms with van der Waals surface area (Å²) in [7, 11) is 0. The molecule has 6 heteroatoms. The number of nitrogens with zero attached hydrogens (tertiary/aromatic N) is 2. The predicted molar refractivity (Wildman–Crippen MR) is 75.9 cm³/mol. The molecular weight excluding hydrogens is 262 g/mol. The number of anilines is 1. The third-order valence-corrected chi connectivity index (χ3v) is 4.51. The van der Waals surface area contributed by atoms with Crippen LogP contribution in [0.3, 0.4) is 0 Å². The van der Waals surface area contributed by atoms with E-state index < -0.39 is 0 Å². The van der Waals surface area contributed by atoms with Crippen molar-refractivity contribution in [1.82, 2.24) is 4.98 Å². The van der Waals surface area contributed by atoms with E-state index >= 15 is 0 Å². The van der Waals surface area contributed by atoms with Gasteiger partial charge in [0.05, 0.1) is 0 Å². The highest BCUT2D eigenvalue weighted by Crippen LogP contribution is 2.36. The number of thiazole rings is 1. The van der Waals surface area contributed by atoms with Crippen molar-refractivity contribution >= 4 is 28.1 Å². The minimum Gasteiger partial charge on any atom is -0.411 e. The number of carbonyl (C=O) groups is 1. The minimum atomic E-state index is -0.274. The van der Waals surface area contributed by atoms with Crippen molar-refractivity contribution in [3.63, 3.8) is 0 Å². The molecule has 0 saturated heterocycles. The lowest BCUT2D eigenvalue weighted by atomic mass is 9.75. The number of aromatic nitrogens is 1. The highest BCUT2D eigenvalue weighted by atomic mass is 32.1. The molecule has 0 aliphatic heterocycles. The van der Waals surface area contributed by atoms with Crippen LogP contribution in [0.2, 0.25) is 0 Å². The number of hydrogen-bond donors (Lipinski definition) is 2. The van der Waals surface area contributed by atoms with Gasteiger partial charge < -0.3 is 10.5 Å². The molecule has 5 nitrogen and oxygen atoms in total. The number of hydrogen-bond acceptors (Lipinski definition) is 5. The first-order chi connectivity index (χ1) is 9.05. The van der Waals surface area contributed by atoms with Crippen LogP contribution in [0.4, 0.5) is 5.13 Å². The molecule has 1 amide bonds. The second-order valence-corrected chi connectivity index (χ2v) is 6.16. The summed E-state index contributed by atoms with van der Waals surface area (Å²) in [5, 5.41) is 17.0. The van der Waals surface area contributed by atoms with Gasteiger partial charge in [-0.1, -0.05) is 31.3 Å². The second-order valence-electron chi connectivity index (χ2n) is 5.30. The normalized spacial score (nSPS) is 19.2. The van der Waals surface area contributed by atoms with E-state index in [2.05, 4.69) is 15.5 Å². The van der Waals surface area contributed by atoms with Crippen molar-refractivity contribution in [3.8, 4) is 0 Å². The molecule has 2 N–H and O–H groups in total. The number of amides is 1. The van der Waals surface area contributed by atoms with Crippen LogP contribution >= 0.6 is 11.3 Å². The third-order valence-electron chi connectivity index (χ3n) is 3.75. The Bertz CT molecular complexity index is 490. The van der Waals surface area contributed by atoms with E-state index in [1.54, 1.807) is 12.3 Å². The van der Waals surface area contributed by atoms with Crippen molar-refractivity contribution < 1.29 is 10.0 Å². The van der Waals surface area contributed by atoms with E-state index in [1.165, 1.54) is 17.8 Å². The number of nitrogens with one attached hydrogen (secondary N) is 1. The molecule has 1 fully saturated rings. The van der Waals surface area contributed by atoms with Crippen LogP contribution in [0.25, 0.3) is 0 Å². The maximum Gasteiger partial charge on any atom is 0.232 e. The zero-order valence-electron chi connectivity index (χ0n) is 11.3. The SMILES string of the molecule is CC(=NO)c1csc(NC(=O)C2(C)CCCCC2)n1. The smallest absolute Gasteiger partial charge is 0.232 e. The van der Waals surface area contributed by atoms with Gasteiger partial charge in [0.1, 0.15) is 11.4 Å². The summed E-state index contributed by atoms with van der Waals surface area (Å²) >= 11 is 1.35. The zero-order chi connectivity index (χ0) is 13.9. The van der Waals surface area contributed by atoms with Crippen LogP contribution in [-0.2, 0) is 4.79 Å². The average molecular weight is 281 g/mol. The largest absolute Gasteiger partial charge is 0.411 e. The van der Waals surface area contributed by atoms with Crippen LogP contribution in [0.5, 0.6) is 0 Å². The summed E-state index contributed by atoms with van der Waals surface area (Å²) in [6.07, 6.45) is 5.32. The van der Waals surface area contributed by atoms with Gasteiger partial charge in [-0.05, 0) is 19.8 Å². The van der Waals surface area contributed by atoms with Gasteiger partial charge in [0, 0.05) is 10.8 Å². The molecule has 1 aliphatic rings. The van der Waals surface area contributed by atoms with Gasteiger partial charge >= 0.3 is 0 Å². The van der Waals surface area contributed by atoms with Crippen molar-refractivity contribution in [2.45, 2.75) is 46.0 Å². The van der Waals surface area contributed by atoms with E-state index in [0.717, 1.165) is 25.7 Å². The summed E-state index contributed by atoms with van der Waals surface area (Å²) in [4.78, 5) is 16.6. The molecule has 1 aromatic rings. The molecule has 1 saturated carbocycles. The van der Waals surface area contributed by atoms with Crippen LogP contribution in [0, 0.1) is 5.41 Å². The summed E-state index contributed by atoms with van der Waals surface area (Å²) in [5.41, 5.74) is 0.765. The van der Waals surface area contributed by atoms with Crippen LogP contribution in [-0.4, -0.2) is 21.8 Å². The molecule has 1 aromatic heterocycles. The monoisotopic (exact) mass is 281 g/mol. The van der Waals surface area contributed by atoms with Crippen molar-refractivity contribution in [2.24, 2.45) is 10.6 Å². The lowest BCUT2D eigenvalue weighted by Gasteiger charge is -2.31. The fraction of sp³-hybridized carbons (Fsp3) is 0.615. The first kappa shape index (κ1) is 14.0. The number of carbonyl (C=O) groups excluding carboxylic acids is 1. The first-order valence-electron chi connectivity index (χ1n) is 6.51. The van der Waals surface area contributed by atoms with Gasteiger partial charge in [-0.3, -0.25) is 4.79 Å². The molecule has 1 aliphatic carbocycles. The van der Waals surface area contributed by atoms with E-state index in [0.29, 0.717) is 16.5 Å². The fourth-order valence-electron chi connectivity index (χ4n) is 2.36. The Morgan fingerprint density at radius 2 is 2.16 bits per heavy atom. The molecule has 0 radical (unpaired) electrons. The van der Waals surface area contributed by atoms with Gasteiger partial charge in [-0.25, -0.2) is 4.98 Å². The lowest BCUT2D eigenvalue weighted by molar-refractivity contribution is -0.126. The van der Waals surface area contributed by atoms with E-state index in [4.69, 9.17) is 5.21 Å². The molecule has 2 rings (SSSR count). The number of rotatable bonds is 3. The average Bonchev–Trinajstić information content (AvgIpc) is 2.87. The molecule has 0 atom stereocenters. The standard InChI is InChI=1S/C13H19N3O2S/c1-9(16-18)10-8-19-12(14-10)15-11(17)13(2)6-4-3-5-7-13/h8,18H,3-7H2,1-2H3,(H,14,15,17). The van der Waals surface area contributed by atoms with Crippen LogP contribution in [0.1, 0.15) is 51.6 Å².